The minimum atomic E-state index is -0.784. The van der Waals surface area contributed by atoms with Crippen LogP contribution in [-0.4, -0.2) is 81.2 Å². The van der Waals surface area contributed by atoms with Crippen LogP contribution in [0.4, 0.5) is 0 Å². The second-order valence-corrected chi connectivity index (χ2v) is 6.75. The Kier molecular flexibility index (Phi) is 7.83. The molecular formula is C16H34N4O4. The molecule has 8 heteroatoms. The minimum Gasteiger partial charge on any atom is -0.389 e. The molecule has 24 heavy (non-hydrogen) atoms. The van der Waals surface area contributed by atoms with Crippen molar-refractivity contribution in [3.63, 3.8) is 0 Å². The molecule has 1 heterocycles. The summed E-state index contributed by atoms with van der Waals surface area (Å²) in [6.07, 6.45) is 0.376. The second-order valence-electron chi connectivity index (χ2n) is 6.75. The van der Waals surface area contributed by atoms with Gasteiger partial charge in [-0.15, -0.1) is 0 Å². The molecule has 0 spiro atoms. The van der Waals surface area contributed by atoms with Crippen molar-refractivity contribution in [2.45, 2.75) is 75.0 Å². The molecule has 1 saturated carbocycles. The predicted octanol–water partition coefficient (Wildman–Crippen LogP) is -1.49. The van der Waals surface area contributed by atoms with Crippen molar-refractivity contribution in [1.82, 2.24) is 10.6 Å². The first-order valence-corrected chi connectivity index (χ1v) is 8.92. The maximum Gasteiger partial charge on any atom is 0.173 e. The van der Waals surface area contributed by atoms with Gasteiger partial charge in [-0.1, -0.05) is 6.92 Å². The van der Waals surface area contributed by atoms with Gasteiger partial charge in [0.2, 0.25) is 0 Å². The van der Waals surface area contributed by atoms with E-state index in [1.807, 2.05) is 0 Å². The summed E-state index contributed by atoms with van der Waals surface area (Å²) >= 11 is 0. The van der Waals surface area contributed by atoms with Gasteiger partial charge < -0.3 is 41.4 Å². The number of ether oxygens (including phenoxy) is 3. The van der Waals surface area contributed by atoms with Crippen LogP contribution < -0.4 is 22.1 Å². The average molecular weight is 346 g/mol. The van der Waals surface area contributed by atoms with E-state index < -0.39 is 18.5 Å². The zero-order valence-corrected chi connectivity index (χ0v) is 15.0. The minimum absolute atomic E-state index is 0.0681. The molecule has 0 bridgehead atoms. The van der Waals surface area contributed by atoms with E-state index in [4.69, 9.17) is 25.7 Å². The van der Waals surface area contributed by atoms with Gasteiger partial charge >= 0.3 is 0 Å². The number of hydrogen-bond donors (Lipinski definition) is 5. The van der Waals surface area contributed by atoms with Gasteiger partial charge in [-0.05, 0) is 32.9 Å². The number of aliphatic hydroxyl groups excluding tert-OH is 1. The molecule has 0 aromatic heterocycles. The topological polar surface area (TPSA) is 124 Å². The highest BCUT2D eigenvalue weighted by molar-refractivity contribution is 5.00. The summed E-state index contributed by atoms with van der Waals surface area (Å²) in [6.45, 7) is 3.73. The van der Waals surface area contributed by atoms with E-state index in [0.29, 0.717) is 6.42 Å². The van der Waals surface area contributed by atoms with Crippen molar-refractivity contribution < 1.29 is 19.3 Å². The lowest BCUT2D eigenvalue weighted by molar-refractivity contribution is -0.250. The van der Waals surface area contributed by atoms with Crippen LogP contribution in [0.1, 0.15) is 26.2 Å². The number of nitrogens with two attached hydrogens (primary N) is 2. The number of hydrogen-bond acceptors (Lipinski definition) is 8. The SMILES string of the molecule is CCNC[C@@H]1CC[C@@H](N)[C@@H](O[C@H]2[C@H](O)[C@H](NC)[C@@H](OC)C[C@@H]2N)O1. The standard InChI is InChI=1S/C16H34N4O4/c1-4-20-8-9-5-6-10(17)16(23-9)24-15-11(18)7-12(22-3)13(19-2)14(15)21/h9-16,19-21H,4-8,17-18H2,1-3H3/t9-,10+,11-,12-,13+,14+,15+,16+/m0/s1. The predicted molar refractivity (Wildman–Crippen MR) is 91.5 cm³/mol. The quantitative estimate of drug-likeness (QED) is 0.378. The molecule has 2 aliphatic rings. The average Bonchev–Trinajstić information content (AvgIpc) is 2.58. The van der Waals surface area contributed by atoms with Crippen molar-refractivity contribution in [1.29, 1.82) is 0 Å². The molecule has 1 saturated heterocycles. The summed E-state index contributed by atoms with van der Waals surface area (Å²) in [7, 11) is 3.42. The summed E-state index contributed by atoms with van der Waals surface area (Å²) in [6, 6.07) is -0.785. The molecule has 1 aliphatic carbocycles. The van der Waals surface area contributed by atoms with Crippen LogP contribution in [0.2, 0.25) is 0 Å². The van der Waals surface area contributed by atoms with Gasteiger partial charge in [0.25, 0.3) is 0 Å². The van der Waals surface area contributed by atoms with E-state index in [0.717, 1.165) is 25.9 Å². The first-order chi connectivity index (χ1) is 11.5. The van der Waals surface area contributed by atoms with Gasteiger partial charge in [0, 0.05) is 19.7 Å². The fourth-order valence-electron chi connectivity index (χ4n) is 3.62. The van der Waals surface area contributed by atoms with Crippen LogP contribution in [0.3, 0.4) is 0 Å². The van der Waals surface area contributed by atoms with Gasteiger partial charge in [0.15, 0.2) is 6.29 Å². The summed E-state index contributed by atoms with van der Waals surface area (Å²) in [5.74, 6) is 0. The van der Waals surface area contributed by atoms with Crippen molar-refractivity contribution in [2.24, 2.45) is 11.5 Å². The highest BCUT2D eigenvalue weighted by atomic mass is 16.7. The van der Waals surface area contributed by atoms with Gasteiger partial charge in [-0.25, -0.2) is 0 Å². The van der Waals surface area contributed by atoms with E-state index in [1.54, 1.807) is 14.2 Å². The number of aliphatic hydroxyl groups is 1. The Bertz CT molecular complexity index is 374. The third-order valence-corrected chi connectivity index (χ3v) is 5.08. The molecule has 7 N–H and O–H groups in total. The molecule has 0 aromatic rings. The molecule has 0 radical (unpaired) electrons. The first-order valence-electron chi connectivity index (χ1n) is 8.92. The summed E-state index contributed by atoms with van der Waals surface area (Å²) in [5.41, 5.74) is 12.4. The third kappa shape index (κ3) is 4.64. The first kappa shape index (κ1) is 20.0. The van der Waals surface area contributed by atoms with Crippen molar-refractivity contribution in [3.05, 3.63) is 0 Å². The Morgan fingerprint density at radius 1 is 1.25 bits per heavy atom. The zero-order valence-electron chi connectivity index (χ0n) is 15.0. The molecule has 1 aliphatic heterocycles. The summed E-state index contributed by atoms with van der Waals surface area (Å²) in [5, 5.41) is 17.0. The van der Waals surface area contributed by atoms with Crippen LogP contribution in [-0.2, 0) is 14.2 Å². The molecule has 2 rings (SSSR count). The van der Waals surface area contributed by atoms with E-state index >= 15 is 0 Å². The Labute approximate surface area is 144 Å². The van der Waals surface area contributed by atoms with Gasteiger partial charge in [0.1, 0.15) is 6.10 Å². The van der Waals surface area contributed by atoms with Crippen molar-refractivity contribution in [2.75, 3.05) is 27.2 Å². The highest BCUT2D eigenvalue weighted by Crippen LogP contribution is 2.28. The lowest BCUT2D eigenvalue weighted by Gasteiger charge is -2.45. The van der Waals surface area contributed by atoms with E-state index in [1.165, 1.54) is 0 Å². The highest BCUT2D eigenvalue weighted by Gasteiger charge is 2.45. The van der Waals surface area contributed by atoms with Crippen molar-refractivity contribution >= 4 is 0 Å². The van der Waals surface area contributed by atoms with Crippen LogP contribution >= 0.6 is 0 Å². The van der Waals surface area contributed by atoms with E-state index in [2.05, 4.69) is 17.6 Å². The fraction of sp³-hybridized carbons (Fsp3) is 1.00. The molecule has 2 fully saturated rings. The summed E-state index contributed by atoms with van der Waals surface area (Å²) < 4.78 is 17.5. The van der Waals surface area contributed by atoms with E-state index in [9.17, 15) is 5.11 Å². The Hall–Kier alpha value is -0.320. The Morgan fingerprint density at radius 2 is 2.00 bits per heavy atom. The Balaban J connectivity index is 1.99. The van der Waals surface area contributed by atoms with Gasteiger partial charge in [-0.2, -0.15) is 0 Å². The van der Waals surface area contributed by atoms with Gasteiger partial charge in [-0.3, -0.25) is 0 Å². The fourth-order valence-corrected chi connectivity index (χ4v) is 3.62. The number of nitrogens with one attached hydrogen (secondary N) is 2. The van der Waals surface area contributed by atoms with Crippen molar-refractivity contribution in [3.8, 4) is 0 Å². The largest absolute Gasteiger partial charge is 0.389 e. The maximum absolute atomic E-state index is 10.7. The lowest BCUT2D eigenvalue weighted by Crippen LogP contribution is -2.65. The Morgan fingerprint density at radius 3 is 2.62 bits per heavy atom. The molecule has 8 atom stereocenters. The molecule has 0 unspecified atom stereocenters. The number of likely N-dealkylation sites (N-methyl/N-ethyl adjacent to an activating group) is 2. The maximum atomic E-state index is 10.7. The van der Waals surface area contributed by atoms with Crippen LogP contribution in [0.25, 0.3) is 0 Å². The smallest absolute Gasteiger partial charge is 0.173 e. The van der Waals surface area contributed by atoms with Crippen LogP contribution in [0.15, 0.2) is 0 Å². The monoisotopic (exact) mass is 346 g/mol. The molecule has 0 amide bonds. The van der Waals surface area contributed by atoms with Gasteiger partial charge in [0.05, 0.1) is 30.4 Å². The zero-order chi connectivity index (χ0) is 17.7. The molecule has 0 aromatic carbocycles. The normalized spacial score (nSPS) is 43.8. The molecule has 142 valence electrons. The van der Waals surface area contributed by atoms with Crippen LogP contribution in [0.5, 0.6) is 0 Å². The number of rotatable bonds is 7. The molecular weight excluding hydrogens is 312 g/mol. The van der Waals surface area contributed by atoms with E-state index in [-0.39, 0.29) is 30.3 Å². The third-order valence-electron chi connectivity index (χ3n) is 5.08. The summed E-state index contributed by atoms with van der Waals surface area (Å²) in [4.78, 5) is 0. The second kappa shape index (κ2) is 9.40. The number of methoxy groups -OCH3 is 1. The van der Waals surface area contributed by atoms with Crippen LogP contribution in [0, 0.1) is 0 Å². The molecule has 8 nitrogen and oxygen atoms in total. The lowest BCUT2D eigenvalue weighted by atomic mass is 9.84.